The van der Waals surface area contributed by atoms with E-state index in [2.05, 4.69) is 22.5 Å². The normalized spacial score (nSPS) is 17.5. The van der Waals surface area contributed by atoms with Gasteiger partial charge in [0.05, 0.1) is 6.54 Å². The number of aliphatic hydroxyl groups is 1. The number of carbonyl (C=O) groups excluding carboxylic acids is 2. The lowest BCUT2D eigenvalue weighted by atomic mass is 10.3. The Kier molecular flexibility index (Phi) is 4.85. The zero-order valence-electron chi connectivity index (χ0n) is 9.93. The smallest absolute Gasteiger partial charge is 0.279 e. The lowest BCUT2D eigenvalue weighted by Crippen LogP contribution is -2.42. The molecule has 5 nitrogen and oxygen atoms in total. The summed E-state index contributed by atoms with van der Waals surface area (Å²) in [5, 5.41) is 15.7. The first kappa shape index (κ1) is 13.9. The van der Waals surface area contributed by atoms with Crippen LogP contribution in [0.15, 0.2) is 11.4 Å². The van der Waals surface area contributed by atoms with Crippen molar-refractivity contribution in [3.8, 4) is 11.8 Å². The van der Waals surface area contributed by atoms with Gasteiger partial charge in [0.25, 0.3) is 5.24 Å². The van der Waals surface area contributed by atoms with Gasteiger partial charge in [-0.3, -0.25) is 9.59 Å². The molecule has 1 aliphatic rings. The summed E-state index contributed by atoms with van der Waals surface area (Å²) in [5.74, 6) is 5.67. The van der Waals surface area contributed by atoms with Crippen molar-refractivity contribution in [1.29, 1.82) is 0 Å². The molecule has 0 spiro atoms. The van der Waals surface area contributed by atoms with Gasteiger partial charge in [-0.25, -0.2) is 0 Å². The van der Waals surface area contributed by atoms with Crippen LogP contribution in [0.2, 0.25) is 0 Å². The average Bonchev–Trinajstić information content (AvgIpc) is 3.02. The summed E-state index contributed by atoms with van der Waals surface area (Å²) >= 11 is 2.61. The van der Waals surface area contributed by atoms with E-state index in [1.807, 2.05) is 11.4 Å². The third kappa shape index (κ3) is 3.99. The fourth-order valence-corrected chi connectivity index (χ4v) is 3.04. The largest absolute Gasteiger partial charge is 0.384 e. The van der Waals surface area contributed by atoms with Crippen LogP contribution in [0.3, 0.4) is 0 Å². The minimum absolute atomic E-state index is 0.155. The summed E-state index contributed by atoms with van der Waals surface area (Å²) in [4.78, 5) is 23.7. The van der Waals surface area contributed by atoms with E-state index >= 15 is 0 Å². The number of aliphatic hydroxyl groups excluding tert-OH is 1. The number of thiophene rings is 1. The maximum atomic E-state index is 11.7. The van der Waals surface area contributed by atoms with Crippen LogP contribution in [-0.4, -0.2) is 34.7 Å². The van der Waals surface area contributed by atoms with E-state index in [0.29, 0.717) is 12.3 Å². The van der Waals surface area contributed by atoms with Gasteiger partial charge in [0.2, 0.25) is 5.91 Å². The number of hydrogen-bond acceptors (Lipinski definition) is 5. The van der Waals surface area contributed by atoms with Crippen molar-refractivity contribution < 1.29 is 14.7 Å². The average molecular weight is 296 g/mol. The van der Waals surface area contributed by atoms with Gasteiger partial charge < -0.3 is 15.7 Å². The Morgan fingerprint density at radius 3 is 3.16 bits per heavy atom. The maximum Gasteiger partial charge on any atom is 0.279 e. The summed E-state index contributed by atoms with van der Waals surface area (Å²) in [6.45, 7) is 0.252. The van der Waals surface area contributed by atoms with Crippen molar-refractivity contribution in [2.24, 2.45) is 0 Å². The highest BCUT2D eigenvalue weighted by atomic mass is 32.2. The summed E-state index contributed by atoms with van der Waals surface area (Å²) in [6.07, 6.45) is 0. The third-order valence-corrected chi connectivity index (χ3v) is 4.21. The molecule has 1 atom stereocenters. The maximum absolute atomic E-state index is 11.7. The summed E-state index contributed by atoms with van der Waals surface area (Å²) in [5.41, 5.74) is 0.827. The van der Waals surface area contributed by atoms with E-state index in [1.165, 1.54) is 11.3 Å². The Bertz CT molecular complexity index is 545. The molecule has 100 valence electrons. The number of rotatable bonds is 3. The molecule has 1 aliphatic heterocycles. The lowest BCUT2D eigenvalue weighted by Gasteiger charge is -2.08. The first-order valence-corrected chi connectivity index (χ1v) is 7.43. The van der Waals surface area contributed by atoms with Crippen LogP contribution < -0.4 is 10.6 Å². The molecule has 7 heteroatoms. The monoisotopic (exact) mass is 296 g/mol. The molecule has 1 saturated heterocycles. The van der Waals surface area contributed by atoms with E-state index in [9.17, 15) is 9.59 Å². The zero-order chi connectivity index (χ0) is 13.7. The SMILES string of the molecule is O=C1NC(C(=O)NCc2cc(C#CCO)cs2)CS1. The molecule has 2 heterocycles. The van der Waals surface area contributed by atoms with E-state index in [4.69, 9.17) is 5.11 Å². The molecular weight excluding hydrogens is 284 g/mol. The molecule has 0 radical (unpaired) electrons. The van der Waals surface area contributed by atoms with E-state index in [1.54, 1.807) is 0 Å². The highest BCUT2D eigenvalue weighted by Crippen LogP contribution is 2.15. The first-order chi connectivity index (χ1) is 9.19. The van der Waals surface area contributed by atoms with E-state index < -0.39 is 6.04 Å². The predicted molar refractivity (Wildman–Crippen MR) is 74.9 cm³/mol. The Balaban J connectivity index is 1.83. The van der Waals surface area contributed by atoms with Crippen molar-refractivity contribution in [2.45, 2.75) is 12.6 Å². The highest BCUT2D eigenvalue weighted by Gasteiger charge is 2.27. The molecule has 1 unspecified atom stereocenters. The minimum Gasteiger partial charge on any atom is -0.384 e. The molecule has 0 bridgehead atoms. The molecule has 0 aromatic carbocycles. The van der Waals surface area contributed by atoms with Crippen LogP contribution in [-0.2, 0) is 11.3 Å². The molecule has 1 fully saturated rings. The van der Waals surface area contributed by atoms with Gasteiger partial charge in [0, 0.05) is 21.6 Å². The molecule has 2 amide bonds. The summed E-state index contributed by atoms with van der Waals surface area (Å²) in [6, 6.07) is 1.43. The van der Waals surface area contributed by atoms with Crippen molar-refractivity contribution in [1.82, 2.24) is 10.6 Å². The lowest BCUT2D eigenvalue weighted by molar-refractivity contribution is -0.122. The second-order valence-electron chi connectivity index (χ2n) is 3.77. The van der Waals surface area contributed by atoms with Crippen LogP contribution in [0, 0.1) is 11.8 Å². The minimum atomic E-state index is -0.439. The van der Waals surface area contributed by atoms with Gasteiger partial charge in [-0.1, -0.05) is 23.6 Å². The van der Waals surface area contributed by atoms with Crippen molar-refractivity contribution >= 4 is 34.2 Å². The molecule has 2 rings (SSSR count). The van der Waals surface area contributed by atoms with Crippen LogP contribution in [0.4, 0.5) is 4.79 Å². The number of amides is 2. The van der Waals surface area contributed by atoms with Gasteiger partial charge in [-0.15, -0.1) is 11.3 Å². The van der Waals surface area contributed by atoms with Crippen LogP contribution in [0.25, 0.3) is 0 Å². The second kappa shape index (κ2) is 6.61. The summed E-state index contributed by atoms with van der Waals surface area (Å²) < 4.78 is 0. The Labute approximate surface area is 118 Å². The number of hydrogen-bond donors (Lipinski definition) is 3. The van der Waals surface area contributed by atoms with Crippen LogP contribution in [0.5, 0.6) is 0 Å². The van der Waals surface area contributed by atoms with E-state index in [0.717, 1.165) is 22.2 Å². The Hall–Kier alpha value is -1.49. The topological polar surface area (TPSA) is 78.4 Å². The zero-order valence-corrected chi connectivity index (χ0v) is 11.6. The van der Waals surface area contributed by atoms with E-state index in [-0.39, 0.29) is 17.8 Å². The van der Waals surface area contributed by atoms with Gasteiger partial charge in [-0.05, 0) is 6.07 Å². The fourth-order valence-electron chi connectivity index (χ4n) is 1.50. The highest BCUT2D eigenvalue weighted by molar-refractivity contribution is 8.14. The van der Waals surface area contributed by atoms with Gasteiger partial charge in [0.1, 0.15) is 12.6 Å². The van der Waals surface area contributed by atoms with Crippen molar-refractivity contribution in [3.05, 3.63) is 21.9 Å². The molecular formula is C12H12N2O3S2. The molecule has 0 saturated carbocycles. The predicted octanol–water partition coefficient (Wildman–Crippen LogP) is 0.533. The first-order valence-electron chi connectivity index (χ1n) is 5.57. The fraction of sp³-hybridized carbons (Fsp3) is 0.333. The standard InChI is InChI=1S/C12H12N2O3S2/c15-3-1-2-8-4-9(18-6-8)5-13-11(16)10-7-19-12(17)14-10/h4,6,10,15H,3,5,7H2,(H,13,16)(H,14,17). The Morgan fingerprint density at radius 1 is 1.63 bits per heavy atom. The van der Waals surface area contributed by atoms with Gasteiger partial charge in [-0.2, -0.15) is 0 Å². The third-order valence-electron chi connectivity index (χ3n) is 2.39. The van der Waals surface area contributed by atoms with Gasteiger partial charge in [0.15, 0.2) is 0 Å². The number of nitrogens with one attached hydrogen (secondary N) is 2. The molecule has 3 N–H and O–H groups in total. The quantitative estimate of drug-likeness (QED) is 0.711. The molecule has 0 aliphatic carbocycles. The molecule has 1 aromatic heterocycles. The van der Waals surface area contributed by atoms with Crippen molar-refractivity contribution in [2.75, 3.05) is 12.4 Å². The molecule has 19 heavy (non-hydrogen) atoms. The number of thioether (sulfide) groups is 1. The second-order valence-corrected chi connectivity index (χ2v) is 5.76. The Morgan fingerprint density at radius 2 is 2.47 bits per heavy atom. The van der Waals surface area contributed by atoms with Gasteiger partial charge >= 0.3 is 0 Å². The van der Waals surface area contributed by atoms with Crippen LogP contribution >= 0.6 is 23.1 Å². The molecule has 1 aromatic rings. The van der Waals surface area contributed by atoms with Crippen molar-refractivity contribution in [3.63, 3.8) is 0 Å². The number of carbonyl (C=O) groups is 2. The summed E-state index contributed by atoms with van der Waals surface area (Å²) in [7, 11) is 0. The van der Waals surface area contributed by atoms with Crippen LogP contribution in [0.1, 0.15) is 10.4 Å².